The third-order valence-electron chi connectivity index (χ3n) is 3.77. The Kier molecular flexibility index (Phi) is 7.30. The van der Waals surface area contributed by atoms with Crippen LogP contribution in [0.2, 0.25) is 0 Å². The predicted molar refractivity (Wildman–Crippen MR) is 100 cm³/mol. The molecule has 0 saturated heterocycles. The molecule has 0 spiro atoms. The van der Waals surface area contributed by atoms with Gasteiger partial charge in [0.05, 0.1) is 17.4 Å². The summed E-state index contributed by atoms with van der Waals surface area (Å²) in [4.78, 5) is 34.5. The number of esters is 1. The SMILES string of the molecule is CCOC(=O)C(CNC(=O)Nc1cccc([N+](=O)[O-])c1)Cc1ccccc1. The van der Waals surface area contributed by atoms with E-state index >= 15 is 0 Å². The van der Waals surface area contributed by atoms with Crippen molar-refractivity contribution in [3.05, 3.63) is 70.3 Å². The van der Waals surface area contributed by atoms with Gasteiger partial charge in [0, 0.05) is 24.4 Å². The fourth-order valence-electron chi connectivity index (χ4n) is 2.49. The number of amides is 2. The molecule has 1 unspecified atom stereocenters. The molecule has 2 rings (SSSR count). The third kappa shape index (κ3) is 6.43. The van der Waals surface area contributed by atoms with E-state index < -0.39 is 22.8 Å². The summed E-state index contributed by atoms with van der Waals surface area (Å²) < 4.78 is 5.08. The van der Waals surface area contributed by atoms with E-state index in [0.717, 1.165) is 5.56 Å². The molecule has 2 aromatic carbocycles. The summed E-state index contributed by atoms with van der Waals surface area (Å²) >= 11 is 0. The van der Waals surface area contributed by atoms with Gasteiger partial charge < -0.3 is 15.4 Å². The predicted octanol–water partition coefficient (Wildman–Crippen LogP) is 3.14. The van der Waals surface area contributed by atoms with Crippen LogP contribution in [0, 0.1) is 16.0 Å². The average Bonchev–Trinajstić information content (AvgIpc) is 2.66. The van der Waals surface area contributed by atoms with Gasteiger partial charge in [-0.05, 0) is 25.0 Å². The van der Waals surface area contributed by atoms with Crippen molar-refractivity contribution in [1.82, 2.24) is 5.32 Å². The Labute approximate surface area is 156 Å². The second-order valence-corrected chi connectivity index (χ2v) is 5.78. The fraction of sp³-hybridized carbons (Fsp3) is 0.263. The molecule has 8 heteroatoms. The highest BCUT2D eigenvalue weighted by Gasteiger charge is 2.21. The van der Waals surface area contributed by atoms with E-state index in [1.807, 2.05) is 30.3 Å². The average molecular weight is 371 g/mol. The third-order valence-corrected chi connectivity index (χ3v) is 3.77. The summed E-state index contributed by atoms with van der Waals surface area (Å²) in [5.41, 5.74) is 1.12. The van der Waals surface area contributed by atoms with Gasteiger partial charge in [0.1, 0.15) is 0 Å². The summed E-state index contributed by atoms with van der Waals surface area (Å²) in [5.74, 6) is -0.930. The van der Waals surface area contributed by atoms with Crippen LogP contribution >= 0.6 is 0 Å². The number of anilines is 1. The lowest BCUT2D eigenvalue weighted by Crippen LogP contribution is -2.37. The number of carbonyl (C=O) groups is 2. The van der Waals surface area contributed by atoms with Gasteiger partial charge >= 0.3 is 12.0 Å². The number of benzene rings is 2. The first-order chi connectivity index (χ1) is 13.0. The van der Waals surface area contributed by atoms with E-state index in [0.29, 0.717) is 6.42 Å². The molecule has 0 fully saturated rings. The van der Waals surface area contributed by atoms with Gasteiger partial charge in [-0.25, -0.2) is 4.79 Å². The Morgan fingerprint density at radius 2 is 1.89 bits per heavy atom. The van der Waals surface area contributed by atoms with Crippen LogP contribution in [0.25, 0.3) is 0 Å². The molecule has 0 aliphatic carbocycles. The van der Waals surface area contributed by atoms with Gasteiger partial charge in [-0.1, -0.05) is 36.4 Å². The van der Waals surface area contributed by atoms with Crippen LogP contribution in [0.4, 0.5) is 16.2 Å². The van der Waals surface area contributed by atoms with Crippen molar-refractivity contribution >= 4 is 23.4 Å². The van der Waals surface area contributed by atoms with Crippen molar-refractivity contribution in [2.75, 3.05) is 18.5 Å². The van der Waals surface area contributed by atoms with E-state index in [2.05, 4.69) is 10.6 Å². The Bertz CT molecular complexity index is 795. The quantitative estimate of drug-likeness (QED) is 0.421. The maximum atomic E-state index is 12.2. The molecule has 0 radical (unpaired) electrons. The number of nitro groups is 1. The first-order valence-corrected chi connectivity index (χ1v) is 8.49. The first-order valence-electron chi connectivity index (χ1n) is 8.49. The van der Waals surface area contributed by atoms with Crippen LogP contribution in [0.5, 0.6) is 0 Å². The van der Waals surface area contributed by atoms with E-state index in [1.54, 1.807) is 13.0 Å². The number of nitro benzene ring substituents is 1. The molecule has 0 aromatic heterocycles. The minimum Gasteiger partial charge on any atom is -0.466 e. The Hall–Kier alpha value is -3.42. The van der Waals surface area contributed by atoms with Gasteiger partial charge in [0.15, 0.2) is 0 Å². The lowest BCUT2D eigenvalue weighted by atomic mass is 9.99. The van der Waals surface area contributed by atoms with Crippen molar-refractivity contribution < 1.29 is 19.2 Å². The number of non-ortho nitro benzene ring substituents is 1. The first kappa shape index (κ1) is 19.9. The molecule has 27 heavy (non-hydrogen) atoms. The summed E-state index contributed by atoms with van der Waals surface area (Å²) in [6.07, 6.45) is 0.427. The molecular weight excluding hydrogens is 350 g/mol. The van der Waals surface area contributed by atoms with Crippen LogP contribution in [-0.2, 0) is 16.0 Å². The maximum absolute atomic E-state index is 12.2. The summed E-state index contributed by atoms with van der Waals surface area (Å²) in [6.45, 7) is 2.05. The van der Waals surface area contributed by atoms with Crippen LogP contribution in [0.15, 0.2) is 54.6 Å². The lowest BCUT2D eigenvalue weighted by molar-refractivity contribution is -0.384. The minimum atomic E-state index is -0.558. The number of nitrogens with one attached hydrogen (secondary N) is 2. The summed E-state index contributed by atoms with van der Waals surface area (Å²) in [7, 11) is 0. The van der Waals surface area contributed by atoms with Crippen LogP contribution in [0.1, 0.15) is 12.5 Å². The van der Waals surface area contributed by atoms with Gasteiger partial charge in [-0.2, -0.15) is 0 Å². The van der Waals surface area contributed by atoms with Crippen LogP contribution in [0.3, 0.4) is 0 Å². The van der Waals surface area contributed by atoms with Crippen molar-refractivity contribution in [3.8, 4) is 0 Å². The molecule has 2 aromatic rings. The second kappa shape index (κ2) is 9.91. The number of nitrogens with zero attached hydrogens (tertiary/aromatic N) is 1. The molecule has 0 aliphatic heterocycles. The molecule has 2 N–H and O–H groups in total. The molecule has 0 aliphatic rings. The molecule has 2 amide bonds. The zero-order valence-electron chi connectivity index (χ0n) is 14.9. The topological polar surface area (TPSA) is 111 Å². The highest BCUT2D eigenvalue weighted by molar-refractivity contribution is 5.89. The van der Waals surface area contributed by atoms with Crippen molar-refractivity contribution in [2.45, 2.75) is 13.3 Å². The lowest BCUT2D eigenvalue weighted by Gasteiger charge is -2.17. The highest BCUT2D eigenvalue weighted by Crippen LogP contribution is 2.17. The Morgan fingerprint density at radius 3 is 2.56 bits per heavy atom. The maximum Gasteiger partial charge on any atom is 0.319 e. The van der Waals surface area contributed by atoms with E-state index in [9.17, 15) is 19.7 Å². The normalized spacial score (nSPS) is 11.3. The van der Waals surface area contributed by atoms with Crippen LogP contribution in [-0.4, -0.2) is 30.1 Å². The molecule has 1 atom stereocenters. The van der Waals surface area contributed by atoms with Crippen molar-refractivity contribution in [2.24, 2.45) is 5.92 Å². The van der Waals surface area contributed by atoms with E-state index in [1.165, 1.54) is 18.2 Å². The largest absolute Gasteiger partial charge is 0.466 e. The van der Waals surface area contributed by atoms with Crippen molar-refractivity contribution in [1.29, 1.82) is 0 Å². The number of hydrogen-bond donors (Lipinski definition) is 2. The second-order valence-electron chi connectivity index (χ2n) is 5.78. The molecule has 0 heterocycles. The number of hydrogen-bond acceptors (Lipinski definition) is 5. The smallest absolute Gasteiger partial charge is 0.319 e. The van der Waals surface area contributed by atoms with Gasteiger partial charge in [-0.3, -0.25) is 14.9 Å². The molecule has 8 nitrogen and oxygen atoms in total. The zero-order valence-corrected chi connectivity index (χ0v) is 14.9. The van der Waals surface area contributed by atoms with Crippen molar-refractivity contribution in [3.63, 3.8) is 0 Å². The number of urea groups is 1. The molecule has 0 saturated carbocycles. The van der Waals surface area contributed by atoms with Crippen LogP contribution < -0.4 is 10.6 Å². The monoisotopic (exact) mass is 371 g/mol. The zero-order chi connectivity index (χ0) is 19.6. The Morgan fingerprint density at radius 1 is 1.15 bits per heavy atom. The molecular formula is C19H21N3O5. The number of ether oxygens (including phenoxy) is 1. The number of rotatable bonds is 8. The highest BCUT2D eigenvalue weighted by atomic mass is 16.6. The standard InChI is InChI=1S/C19H21N3O5/c1-2-27-18(23)15(11-14-7-4-3-5-8-14)13-20-19(24)21-16-9-6-10-17(12-16)22(25)26/h3-10,12,15H,2,11,13H2,1H3,(H2,20,21,24). The van der Waals surface area contributed by atoms with Gasteiger partial charge in [0.25, 0.3) is 5.69 Å². The minimum absolute atomic E-state index is 0.0779. The molecule has 142 valence electrons. The van der Waals surface area contributed by atoms with Gasteiger partial charge in [-0.15, -0.1) is 0 Å². The van der Waals surface area contributed by atoms with E-state index in [-0.39, 0.29) is 24.5 Å². The van der Waals surface area contributed by atoms with E-state index in [4.69, 9.17) is 4.74 Å². The summed E-state index contributed by atoms with van der Waals surface area (Å²) in [5, 5.41) is 15.9. The summed E-state index contributed by atoms with van der Waals surface area (Å²) in [6, 6.07) is 14.5. The Balaban J connectivity index is 1.96. The fourth-order valence-corrected chi connectivity index (χ4v) is 2.49. The number of carbonyl (C=O) groups excluding carboxylic acids is 2. The molecule has 0 bridgehead atoms. The van der Waals surface area contributed by atoms with Gasteiger partial charge in [0.2, 0.25) is 0 Å².